The predicted molar refractivity (Wildman–Crippen MR) is 41.8 cm³/mol. The van der Waals surface area contributed by atoms with Crippen LogP contribution in [0.1, 0.15) is 27.2 Å². The molecule has 0 saturated heterocycles. The van der Waals surface area contributed by atoms with Gasteiger partial charge in [0, 0.05) is 6.92 Å². The van der Waals surface area contributed by atoms with E-state index in [4.69, 9.17) is 0 Å². The Morgan fingerprint density at radius 3 is 2.64 bits per heavy atom. The van der Waals surface area contributed by atoms with Crippen LogP contribution in [0.3, 0.4) is 0 Å². The molecule has 1 atom stereocenters. The predicted octanol–water partition coefficient (Wildman–Crippen LogP) is 1.22. The average Bonchev–Trinajstić information content (AvgIpc) is 1.87. The minimum Gasteiger partial charge on any atom is -0.435 e. The van der Waals surface area contributed by atoms with Gasteiger partial charge in [0.2, 0.25) is 0 Å². The van der Waals surface area contributed by atoms with Crippen LogP contribution in [0, 0.1) is 0 Å². The molecule has 0 fully saturated rings. The molecule has 0 aromatic heterocycles. The van der Waals surface area contributed by atoms with E-state index < -0.39 is 5.60 Å². The molecule has 0 bridgehead atoms. The fourth-order valence-electron chi connectivity index (χ4n) is 0.394. The molecule has 1 N–H and O–H groups in total. The number of aliphatic hydroxyl groups is 1. The number of carbonyl (C=O) groups excluding carboxylic acids is 1. The van der Waals surface area contributed by atoms with E-state index >= 15 is 0 Å². The maximum atomic E-state index is 10.3. The first-order chi connectivity index (χ1) is 4.98. The van der Waals surface area contributed by atoms with E-state index in [2.05, 4.69) is 4.74 Å². The van der Waals surface area contributed by atoms with Gasteiger partial charge in [0.25, 0.3) is 0 Å². The third kappa shape index (κ3) is 5.61. The summed E-state index contributed by atoms with van der Waals surface area (Å²) in [5, 5.41) is 9.36. The van der Waals surface area contributed by atoms with Crippen molar-refractivity contribution < 1.29 is 14.6 Å². The molecule has 0 aliphatic carbocycles. The first-order valence-electron chi connectivity index (χ1n) is 3.55. The Morgan fingerprint density at radius 2 is 2.27 bits per heavy atom. The molecule has 11 heavy (non-hydrogen) atoms. The molecule has 0 amide bonds. The summed E-state index contributed by atoms with van der Waals surface area (Å²) in [6.45, 7) is 4.80. The molecular weight excluding hydrogens is 144 g/mol. The van der Waals surface area contributed by atoms with Crippen LogP contribution in [-0.4, -0.2) is 16.7 Å². The minimum absolute atomic E-state index is 0.381. The highest BCUT2D eigenvalue weighted by molar-refractivity contribution is 5.66. The molecule has 0 rings (SSSR count). The fourth-order valence-corrected chi connectivity index (χ4v) is 0.394. The Kier molecular flexibility index (Phi) is 3.82. The van der Waals surface area contributed by atoms with Crippen molar-refractivity contribution in [3.05, 3.63) is 12.3 Å². The molecule has 1 unspecified atom stereocenters. The third-order valence-corrected chi connectivity index (χ3v) is 1.38. The quantitative estimate of drug-likeness (QED) is 0.496. The second kappa shape index (κ2) is 4.13. The smallest absolute Gasteiger partial charge is 0.307 e. The molecule has 3 heteroatoms. The van der Waals surface area contributed by atoms with Gasteiger partial charge in [-0.2, -0.15) is 0 Å². The van der Waals surface area contributed by atoms with Crippen LogP contribution in [0.25, 0.3) is 0 Å². The fraction of sp³-hybridized carbons (Fsp3) is 0.625. The molecule has 64 valence electrons. The summed E-state index contributed by atoms with van der Waals surface area (Å²) < 4.78 is 4.50. The minimum atomic E-state index is -0.880. The Hall–Kier alpha value is -0.830. The lowest BCUT2D eigenvalue weighted by atomic mass is 10.1. The highest BCUT2D eigenvalue weighted by atomic mass is 16.5. The molecule has 0 spiro atoms. The average molecular weight is 158 g/mol. The van der Waals surface area contributed by atoms with Gasteiger partial charge in [0.1, 0.15) is 0 Å². The maximum Gasteiger partial charge on any atom is 0.307 e. The van der Waals surface area contributed by atoms with Crippen molar-refractivity contribution in [3.8, 4) is 0 Å². The van der Waals surface area contributed by atoms with E-state index in [9.17, 15) is 9.90 Å². The maximum absolute atomic E-state index is 10.3. The van der Waals surface area contributed by atoms with Crippen molar-refractivity contribution in [2.24, 2.45) is 0 Å². The normalized spacial score (nSPS) is 16.4. The molecule has 0 aromatic carbocycles. The number of hydrogen-bond donors (Lipinski definition) is 1. The largest absolute Gasteiger partial charge is 0.435 e. The van der Waals surface area contributed by atoms with Crippen molar-refractivity contribution >= 4 is 5.97 Å². The van der Waals surface area contributed by atoms with Crippen molar-refractivity contribution in [2.45, 2.75) is 32.8 Å². The number of hydrogen-bond acceptors (Lipinski definition) is 3. The van der Waals surface area contributed by atoms with Crippen molar-refractivity contribution in [1.29, 1.82) is 0 Å². The number of esters is 1. The van der Waals surface area contributed by atoms with Gasteiger partial charge in [-0.1, -0.05) is 6.92 Å². The van der Waals surface area contributed by atoms with Crippen LogP contribution in [0.4, 0.5) is 0 Å². The summed E-state index contributed by atoms with van der Waals surface area (Å²) in [5.74, 6) is -0.381. The Balaban J connectivity index is 3.82. The Labute approximate surface area is 66.7 Å². The highest BCUT2D eigenvalue weighted by Crippen LogP contribution is 2.09. The van der Waals surface area contributed by atoms with Gasteiger partial charge >= 0.3 is 5.97 Å². The first-order valence-corrected chi connectivity index (χ1v) is 3.55. The molecule has 3 nitrogen and oxygen atoms in total. The van der Waals surface area contributed by atoms with E-state index in [1.807, 2.05) is 6.92 Å². The number of rotatable bonds is 3. The zero-order chi connectivity index (χ0) is 8.91. The summed E-state index contributed by atoms with van der Waals surface area (Å²) in [6.07, 6.45) is 3.25. The van der Waals surface area contributed by atoms with Crippen LogP contribution in [0.5, 0.6) is 0 Å². The standard InChI is InChI=1S/C8H14O3/c1-4-8(3,10)5-6-11-7(2)9/h5-6,10H,4H2,1-3H3/b6-5+. The Bertz CT molecular complexity index is 159. The third-order valence-electron chi connectivity index (χ3n) is 1.38. The molecule has 0 aromatic rings. The lowest BCUT2D eigenvalue weighted by molar-refractivity contribution is -0.135. The highest BCUT2D eigenvalue weighted by Gasteiger charge is 2.11. The lowest BCUT2D eigenvalue weighted by Gasteiger charge is -2.14. The van der Waals surface area contributed by atoms with Gasteiger partial charge in [-0.05, 0) is 19.4 Å². The number of ether oxygens (including phenoxy) is 1. The van der Waals surface area contributed by atoms with Crippen LogP contribution in [-0.2, 0) is 9.53 Å². The van der Waals surface area contributed by atoms with E-state index in [0.717, 1.165) is 0 Å². The van der Waals surface area contributed by atoms with Gasteiger partial charge in [-0.25, -0.2) is 0 Å². The zero-order valence-electron chi connectivity index (χ0n) is 7.13. The molecule has 0 radical (unpaired) electrons. The lowest BCUT2D eigenvalue weighted by Crippen LogP contribution is -2.18. The van der Waals surface area contributed by atoms with Crippen LogP contribution < -0.4 is 0 Å². The van der Waals surface area contributed by atoms with Crippen molar-refractivity contribution in [2.75, 3.05) is 0 Å². The summed E-state index contributed by atoms with van der Waals surface area (Å²) in [7, 11) is 0. The molecule has 0 aliphatic rings. The summed E-state index contributed by atoms with van der Waals surface area (Å²) >= 11 is 0. The topological polar surface area (TPSA) is 46.5 Å². The van der Waals surface area contributed by atoms with Crippen LogP contribution in [0.15, 0.2) is 12.3 Å². The summed E-state index contributed by atoms with van der Waals surface area (Å²) in [5.41, 5.74) is -0.880. The van der Waals surface area contributed by atoms with E-state index in [-0.39, 0.29) is 5.97 Å². The second-order valence-electron chi connectivity index (χ2n) is 2.62. The molecule has 0 saturated carbocycles. The summed E-state index contributed by atoms with van der Waals surface area (Å²) in [6, 6.07) is 0. The summed E-state index contributed by atoms with van der Waals surface area (Å²) in [4.78, 5) is 10.3. The van der Waals surface area contributed by atoms with Crippen molar-refractivity contribution in [1.82, 2.24) is 0 Å². The van der Waals surface area contributed by atoms with Gasteiger partial charge in [-0.3, -0.25) is 4.79 Å². The van der Waals surface area contributed by atoms with Gasteiger partial charge < -0.3 is 9.84 Å². The van der Waals surface area contributed by atoms with E-state index in [1.54, 1.807) is 6.92 Å². The van der Waals surface area contributed by atoms with E-state index in [0.29, 0.717) is 6.42 Å². The van der Waals surface area contributed by atoms with Crippen LogP contribution >= 0.6 is 0 Å². The Morgan fingerprint density at radius 1 is 1.73 bits per heavy atom. The van der Waals surface area contributed by atoms with E-state index in [1.165, 1.54) is 19.3 Å². The second-order valence-corrected chi connectivity index (χ2v) is 2.62. The van der Waals surface area contributed by atoms with Gasteiger partial charge in [-0.15, -0.1) is 0 Å². The monoisotopic (exact) mass is 158 g/mol. The van der Waals surface area contributed by atoms with Crippen LogP contribution in [0.2, 0.25) is 0 Å². The van der Waals surface area contributed by atoms with Crippen molar-refractivity contribution in [3.63, 3.8) is 0 Å². The first kappa shape index (κ1) is 10.2. The number of carbonyl (C=O) groups is 1. The zero-order valence-corrected chi connectivity index (χ0v) is 7.13. The molecular formula is C8H14O3. The van der Waals surface area contributed by atoms with Gasteiger partial charge in [0.05, 0.1) is 11.9 Å². The molecule has 0 heterocycles. The molecule has 0 aliphatic heterocycles. The SMILES string of the molecule is CCC(C)(O)/C=C/OC(C)=O. The van der Waals surface area contributed by atoms with Gasteiger partial charge in [0.15, 0.2) is 0 Å².